The first-order valence-electron chi connectivity index (χ1n) is 9.72. The number of ether oxygens (including phenoxy) is 1. The van der Waals surface area contributed by atoms with E-state index in [0.29, 0.717) is 13.0 Å². The summed E-state index contributed by atoms with van der Waals surface area (Å²) in [4.78, 5) is 33.4. The molecule has 1 atom stereocenters. The quantitative estimate of drug-likeness (QED) is 0.744. The van der Waals surface area contributed by atoms with E-state index < -0.39 is 0 Å². The maximum Gasteiger partial charge on any atom is 0.263 e. The standard InChI is InChI=1S/C20H31N3O3S/c1-21(2)11-12-22-14-20(9-7-18(22)24)8-4-10-23(15-20)19(25)17-6-5-16(27-17)13-26-3/h5-6H,4,7-15H2,1-3H3/t20-/m1/s1. The molecule has 3 rings (SSSR count). The van der Waals surface area contributed by atoms with Gasteiger partial charge in [-0.1, -0.05) is 0 Å². The predicted octanol–water partition coefficient (Wildman–Crippen LogP) is 2.30. The van der Waals surface area contributed by atoms with Crippen LogP contribution >= 0.6 is 11.3 Å². The van der Waals surface area contributed by atoms with E-state index in [1.54, 1.807) is 7.11 Å². The van der Waals surface area contributed by atoms with Gasteiger partial charge in [-0.3, -0.25) is 9.59 Å². The van der Waals surface area contributed by atoms with Crippen LogP contribution in [-0.4, -0.2) is 80.4 Å². The van der Waals surface area contributed by atoms with Crippen LogP contribution in [0.15, 0.2) is 12.1 Å². The van der Waals surface area contributed by atoms with E-state index in [-0.39, 0.29) is 17.2 Å². The molecule has 0 aliphatic carbocycles. The minimum atomic E-state index is 0.0563. The molecule has 3 heterocycles. The molecule has 0 bridgehead atoms. The van der Waals surface area contributed by atoms with E-state index in [1.165, 1.54) is 11.3 Å². The van der Waals surface area contributed by atoms with Crippen molar-refractivity contribution in [1.29, 1.82) is 0 Å². The highest BCUT2D eigenvalue weighted by Gasteiger charge is 2.42. The van der Waals surface area contributed by atoms with Gasteiger partial charge in [-0.15, -0.1) is 11.3 Å². The molecule has 1 spiro atoms. The molecule has 1 aromatic heterocycles. The fourth-order valence-corrected chi connectivity index (χ4v) is 5.16. The Kier molecular flexibility index (Phi) is 6.55. The van der Waals surface area contributed by atoms with Crippen LogP contribution in [0.2, 0.25) is 0 Å². The average Bonchev–Trinajstić information content (AvgIpc) is 3.11. The zero-order chi connectivity index (χ0) is 19.4. The SMILES string of the molecule is COCc1ccc(C(=O)N2CCC[C@]3(CCC(=O)N(CCN(C)C)C3)C2)s1. The smallest absolute Gasteiger partial charge is 0.263 e. The zero-order valence-electron chi connectivity index (χ0n) is 16.7. The van der Waals surface area contributed by atoms with Gasteiger partial charge >= 0.3 is 0 Å². The number of likely N-dealkylation sites (tertiary alicyclic amines) is 2. The normalized spacial score (nSPS) is 23.5. The van der Waals surface area contributed by atoms with Crippen molar-refractivity contribution >= 4 is 23.2 Å². The third-order valence-corrected chi connectivity index (χ3v) is 6.72. The Morgan fingerprint density at radius 3 is 2.85 bits per heavy atom. The van der Waals surface area contributed by atoms with Crippen LogP contribution < -0.4 is 0 Å². The summed E-state index contributed by atoms with van der Waals surface area (Å²) in [6.07, 6.45) is 3.61. The first kappa shape index (κ1) is 20.3. The van der Waals surface area contributed by atoms with Crippen molar-refractivity contribution in [3.05, 3.63) is 21.9 Å². The van der Waals surface area contributed by atoms with Gasteiger partial charge in [0.05, 0.1) is 11.5 Å². The molecule has 1 aromatic rings. The van der Waals surface area contributed by atoms with Gasteiger partial charge in [0.1, 0.15) is 0 Å². The van der Waals surface area contributed by atoms with Crippen LogP contribution in [0.25, 0.3) is 0 Å². The van der Waals surface area contributed by atoms with Crippen molar-refractivity contribution < 1.29 is 14.3 Å². The summed E-state index contributed by atoms with van der Waals surface area (Å²) in [7, 11) is 5.73. The number of amides is 2. The van der Waals surface area contributed by atoms with E-state index in [0.717, 1.165) is 61.7 Å². The summed E-state index contributed by atoms with van der Waals surface area (Å²) >= 11 is 1.52. The molecular weight excluding hydrogens is 362 g/mol. The van der Waals surface area contributed by atoms with Crippen molar-refractivity contribution in [2.24, 2.45) is 5.41 Å². The first-order valence-corrected chi connectivity index (χ1v) is 10.5. The molecule has 2 aliphatic rings. The van der Waals surface area contributed by atoms with Crippen LogP contribution in [0.5, 0.6) is 0 Å². The van der Waals surface area contributed by atoms with Gasteiger partial charge in [0.15, 0.2) is 0 Å². The summed E-state index contributed by atoms with van der Waals surface area (Å²) in [5.74, 6) is 0.381. The number of likely N-dealkylation sites (N-methyl/N-ethyl adjacent to an activating group) is 1. The van der Waals surface area contributed by atoms with E-state index in [1.807, 2.05) is 36.0 Å². The second-order valence-electron chi connectivity index (χ2n) is 8.15. The molecule has 2 saturated heterocycles. The van der Waals surface area contributed by atoms with Crippen LogP contribution in [0.1, 0.15) is 40.2 Å². The number of thiophene rings is 1. The van der Waals surface area contributed by atoms with E-state index in [2.05, 4.69) is 4.90 Å². The maximum atomic E-state index is 13.0. The minimum Gasteiger partial charge on any atom is -0.379 e. The highest BCUT2D eigenvalue weighted by atomic mass is 32.1. The molecule has 2 amide bonds. The van der Waals surface area contributed by atoms with Crippen LogP contribution in [-0.2, 0) is 16.1 Å². The van der Waals surface area contributed by atoms with Gasteiger partial charge < -0.3 is 19.4 Å². The highest BCUT2D eigenvalue weighted by Crippen LogP contribution is 2.39. The maximum absolute atomic E-state index is 13.0. The fourth-order valence-electron chi connectivity index (χ4n) is 4.21. The van der Waals surface area contributed by atoms with Crippen molar-refractivity contribution in [3.8, 4) is 0 Å². The van der Waals surface area contributed by atoms with E-state index >= 15 is 0 Å². The molecule has 27 heavy (non-hydrogen) atoms. The van der Waals surface area contributed by atoms with Gasteiger partial charge in [-0.2, -0.15) is 0 Å². The van der Waals surface area contributed by atoms with Gasteiger partial charge in [-0.25, -0.2) is 0 Å². The number of nitrogens with zero attached hydrogens (tertiary/aromatic N) is 3. The summed E-state index contributed by atoms with van der Waals surface area (Å²) < 4.78 is 5.16. The zero-order valence-corrected chi connectivity index (χ0v) is 17.5. The number of carbonyl (C=O) groups excluding carboxylic acids is 2. The number of methoxy groups -OCH3 is 1. The third kappa shape index (κ3) is 4.89. The second-order valence-corrected chi connectivity index (χ2v) is 9.32. The summed E-state index contributed by atoms with van der Waals surface area (Å²) in [5, 5.41) is 0. The van der Waals surface area contributed by atoms with Gasteiger partial charge in [0.2, 0.25) is 5.91 Å². The molecule has 2 fully saturated rings. The largest absolute Gasteiger partial charge is 0.379 e. The molecule has 150 valence electrons. The molecule has 0 unspecified atom stereocenters. The van der Waals surface area contributed by atoms with Crippen molar-refractivity contribution in [1.82, 2.24) is 14.7 Å². The molecule has 6 nitrogen and oxygen atoms in total. The number of carbonyl (C=O) groups is 2. The lowest BCUT2D eigenvalue weighted by Crippen LogP contribution is -2.55. The highest BCUT2D eigenvalue weighted by molar-refractivity contribution is 7.14. The Bertz CT molecular complexity index is 675. The predicted molar refractivity (Wildman–Crippen MR) is 107 cm³/mol. The van der Waals surface area contributed by atoms with Crippen LogP contribution in [0.4, 0.5) is 0 Å². The fraction of sp³-hybridized carbons (Fsp3) is 0.700. The second kappa shape index (κ2) is 8.71. The number of rotatable bonds is 6. The van der Waals surface area contributed by atoms with Crippen molar-refractivity contribution in [3.63, 3.8) is 0 Å². The Morgan fingerprint density at radius 1 is 1.30 bits per heavy atom. The van der Waals surface area contributed by atoms with Gasteiger partial charge in [0, 0.05) is 56.5 Å². The Morgan fingerprint density at radius 2 is 2.11 bits per heavy atom. The Balaban J connectivity index is 1.66. The molecule has 0 saturated carbocycles. The monoisotopic (exact) mass is 393 g/mol. The lowest BCUT2D eigenvalue weighted by atomic mass is 9.73. The summed E-state index contributed by atoms with van der Waals surface area (Å²) in [5.41, 5.74) is 0.0563. The molecule has 0 aromatic carbocycles. The van der Waals surface area contributed by atoms with E-state index in [9.17, 15) is 9.59 Å². The summed E-state index contributed by atoms with van der Waals surface area (Å²) in [6, 6.07) is 3.89. The molecule has 2 aliphatic heterocycles. The minimum absolute atomic E-state index is 0.0563. The molecule has 0 radical (unpaired) electrons. The van der Waals surface area contributed by atoms with Gasteiger partial charge in [0.25, 0.3) is 5.91 Å². The summed E-state index contributed by atoms with van der Waals surface area (Å²) in [6.45, 7) is 4.54. The molecule has 7 heteroatoms. The van der Waals surface area contributed by atoms with Gasteiger partial charge in [-0.05, 0) is 45.5 Å². The Labute approximate surface area is 166 Å². The molecule has 0 N–H and O–H groups in total. The first-order chi connectivity index (χ1) is 12.9. The van der Waals surface area contributed by atoms with Crippen molar-refractivity contribution in [2.75, 3.05) is 53.9 Å². The third-order valence-electron chi connectivity index (χ3n) is 5.67. The van der Waals surface area contributed by atoms with Crippen molar-refractivity contribution in [2.45, 2.75) is 32.3 Å². The average molecular weight is 394 g/mol. The number of hydrogen-bond acceptors (Lipinski definition) is 5. The lowest BCUT2D eigenvalue weighted by molar-refractivity contribution is -0.139. The number of piperidine rings is 2. The van der Waals surface area contributed by atoms with Crippen LogP contribution in [0, 0.1) is 5.41 Å². The van der Waals surface area contributed by atoms with E-state index in [4.69, 9.17) is 4.74 Å². The van der Waals surface area contributed by atoms with Crippen LogP contribution in [0.3, 0.4) is 0 Å². The number of hydrogen-bond donors (Lipinski definition) is 0. The molecular formula is C20H31N3O3S. The topological polar surface area (TPSA) is 53.1 Å². The lowest BCUT2D eigenvalue weighted by Gasteiger charge is -2.48. The Hall–Kier alpha value is -1.44.